The fourth-order valence-electron chi connectivity index (χ4n) is 8.05. The van der Waals surface area contributed by atoms with Gasteiger partial charge in [0.1, 0.15) is 17.3 Å². The van der Waals surface area contributed by atoms with Crippen LogP contribution in [0.25, 0.3) is 22.5 Å². The van der Waals surface area contributed by atoms with Gasteiger partial charge in [0, 0.05) is 17.5 Å². The molecule has 0 saturated heterocycles. The number of nitrogens with zero attached hydrogens (tertiary/aromatic N) is 2. The van der Waals surface area contributed by atoms with Crippen LogP contribution in [0.4, 0.5) is 0 Å². The molecule has 2 aliphatic heterocycles. The summed E-state index contributed by atoms with van der Waals surface area (Å²) in [6.45, 7) is 0. The molecule has 1 aromatic heterocycles. The molecule has 0 bridgehead atoms. The fraction of sp³-hybridized carbons (Fsp3) is 0.0667. The van der Waals surface area contributed by atoms with Crippen molar-refractivity contribution in [1.82, 2.24) is 0 Å². The Hall–Kier alpha value is -6.26. The van der Waals surface area contributed by atoms with Crippen molar-refractivity contribution in [2.24, 2.45) is 9.98 Å². The summed E-state index contributed by atoms with van der Waals surface area (Å²) in [5.41, 5.74) is 10.9. The van der Waals surface area contributed by atoms with Crippen molar-refractivity contribution < 1.29 is 9.15 Å². The van der Waals surface area contributed by atoms with E-state index in [0.717, 1.165) is 51.4 Å². The molecule has 3 aliphatic rings. The first-order valence-corrected chi connectivity index (χ1v) is 16.8. The third-order valence-corrected chi connectivity index (χ3v) is 10.2. The van der Waals surface area contributed by atoms with Gasteiger partial charge in [-0.15, -0.1) is 0 Å². The highest BCUT2D eigenvalue weighted by Gasteiger charge is 2.51. The number of hydrogen-bond acceptors (Lipinski definition) is 4. The van der Waals surface area contributed by atoms with Gasteiger partial charge in [0.05, 0.1) is 22.7 Å². The van der Waals surface area contributed by atoms with E-state index in [4.69, 9.17) is 19.1 Å². The molecule has 49 heavy (non-hydrogen) atoms. The van der Waals surface area contributed by atoms with Gasteiger partial charge < -0.3 is 9.15 Å². The second-order valence-electron chi connectivity index (χ2n) is 12.8. The molecule has 1 spiro atoms. The van der Waals surface area contributed by atoms with Crippen LogP contribution in [0, 0.1) is 0 Å². The summed E-state index contributed by atoms with van der Waals surface area (Å²) in [4.78, 5) is 10.2. The number of hydrogen-bond donors (Lipinski definition) is 0. The quantitative estimate of drug-likeness (QED) is 0.194. The Labute approximate surface area is 284 Å². The van der Waals surface area contributed by atoms with Crippen LogP contribution in [0.15, 0.2) is 178 Å². The Morgan fingerprint density at radius 2 is 1.10 bits per heavy atom. The summed E-state index contributed by atoms with van der Waals surface area (Å²) < 4.78 is 13.6. The van der Waals surface area contributed by atoms with Crippen molar-refractivity contribution >= 4 is 11.5 Å². The largest absolute Gasteiger partial charge is 0.456 e. The standard InChI is InChI=1S/C45H30N2O2/c1-3-14-29(15-4-1)38-28-39(30-16-5-2-6-17-30)47-44(46-38)42-27-26-40(48-42)33-20-13-24-37-43(33)49-41-25-12-11-23-36(41)45(37)34-21-9-7-18-31(34)32-19-8-10-22-35(32)45/h1-27,38H,28H2. The molecule has 0 radical (unpaired) electrons. The predicted molar refractivity (Wildman–Crippen MR) is 195 cm³/mol. The van der Waals surface area contributed by atoms with Crippen molar-refractivity contribution in [1.29, 1.82) is 0 Å². The second-order valence-corrected chi connectivity index (χ2v) is 12.8. The smallest absolute Gasteiger partial charge is 0.191 e. The van der Waals surface area contributed by atoms with E-state index in [2.05, 4.69) is 133 Å². The molecule has 1 atom stereocenters. The Morgan fingerprint density at radius 1 is 0.510 bits per heavy atom. The van der Waals surface area contributed by atoms with Gasteiger partial charge in [-0.3, -0.25) is 4.99 Å². The zero-order valence-electron chi connectivity index (χ0n) is 26.6. The lowest BCUT2D eigenvalue weighted by atomic mass is 9.66. The van der Waals surface area contributed by atoms with Gasteiger partial charge in [-0.2, -0.15) is 0 Å². The van der Waals surface area contributed by atoms with Crippen LogP contribution in [0.3, 0.4) is 0 Å². The number of amidine groups is 1. The van der Waals surface area contributed by atoms with Crippen LogP contribution < -0.4 is 4.74 Å². The van der Waals surface area contributed by atoms with Crippen molar-refractivity contribution in [2.75, 3.05) is 0 Å². The van der Waals surface area contributed by atoms with E-state index in [1.54, 1.807) is 0 Å². The van der Waals surface area contributed by atoms with Crippen LogP contribution >= 0.6 is 0 Å². The van der Waals surface area contributed by atoms with Gasteiger partial charge in [0.15, 0.2) is 11.6 Å². The minimum Gasteiger partial charge on any atom is -0.456 e. The van der Waals surface area contributed by atoms with Crippen molar-refractivity contribution in [2.45, 2.75) is 17.9 Å². The number of para-hydroxylation sites is 2. The minimum absolute atomic E-state index is 0.0656. The monoisotopic (exact) mass is 630 g/mol. The molecule has 232 valence electrons. The molecule has 1 aliphatic carbocycles. The summed E-state index contributed by atoms with van der Waals surface area (Å²) in [5, 5.41) is 0. The van der Waals surface area contributed by atoms with Crippen molar-refractivity contribution in [3.63, 3.8) is 0 Å². The van der Waals surface area contributed by atoms with Crippen LogP contribution in [0.1, 0.15) is 51.6 Å². The number of benzene rings is 6. The SMILES string of the molecule is c1ccc(C2=NC(c3ccc(-c4cccc5c4Oc4ccccc4C54c5ccccc5-c5ccccc54)o3)=NC(c3ccccc3)C2)cc1. The van der Waals surface area contributed by atoms with Gasteiger partial charge in [-0.1, -0.05) is 140 Å². The Bertz CT molecular complexity index is 2410. The molecular weight excluding hydrogens is 601 g/mol. The van der Waals surface area contributed by atoms with E-state index < -0.39 is 5.41 Å². The Kier molecular flexibility index (Phi) is 6.18. The van der Waals surface area contributed by atoms with Gasteiger partial charge in [-0.25, -0.2) is 4.99 Å². The number of fused-ring (bicyclic) bond motifs is 9. The van der Waals surface area contributed by atoms with Gasteiger partial charge in [0.25, 0.3) is 0 Å². The summed E-state index contributed by atoms with van der Waals surface area (Å²) >= 11 is 0. The number of furan rings is 1. The summed E-state index contributed by atoms with van der Waals surface area (Å²) in [7, 11) is 0. The maximum Gasteiger partial charge on any atom is 0.191 e. The van der Waals surface area contributed by atoms with Crippen LogP contribution in [0.5, 0.6) is 11.5 Å². The number of ether oxygens (including phenoxy) is 1. The Morgan fingerprint density at radius 3 is 1.86 bits per heavy atom. The van der Waals surface area contributed by atoms with Gasteiger partial charge in [0.2, 0.25) is 0 Å². The number of aliphatic imine (C=N–C) groups is 2. The molecule has 3 heterocycles. The summed E-state index contributed by atoms with van der Waals surface area (Å²) in [6.07, 6.45) is 0.718. The Balaban J connectivity index is 1.14. The molecule has 0 fully saturated rings. The highest BCUT2D eigenvalue weighted by Crippen LogP contribution is 2.63. The lowest BCUT2D eigenvalue weighted by Crippen LogP contribution is -2.32. The molecule has 7 aromatic rings. The molecule has 6 aromatic carbocycles. The van der Waals surface area contributed by atoms with E-state index in [-0.39, 0.29) is 6.04 Å². The first-order valence-electron chi connectivity index (χ1n) is 16.8. The van der Waals surface area contributed by atoms with Crippen molar-refractivity contribution in [3.05, 3.63) is 203 Å². The molecular formula is C45H30N2O2. The maximum atomic E-state index is 6.87. The second kappa shape index (κ2) is 10.9. The fourth-order valence-corrected chi connectivity index (χ4v) is 8.05. The molecule has 1 unspecified atom stereocenters. The molecule has 10 rings (SSSR count). The molecule has 0 amide bonds. The maximum absolute atomic E-state index is 6.87. The van der Waals surface area contributed by atoms with Crippen LogP contribution in [0.2, 0.25) is 0 Å². The highest BCUT2D eigenvalue weighted by molar-refractivity contribution is 6.13. The summed E-state index contributed by atoms with van der Waals surface area (Å²) in [5.74, 6) is 3.58. The predicted octanol–water partition coefficient (Wildman–Crippen LogP) is 10.8. The zero-order valence-corrected chi connectivity index (χ0v) is 26.6. The van der Waals surface area contributed by atoms with Gasteiger partial charge >= 0.3 is 0 Å². The van der Waals surface area contributed by atoms with Gasteiger partial charge in [-0.05, 0) is 57.6 Å². The lowest BCUT2D eigenvalue weighted by molar-refractivity contribution is 0.435. The van der Waals surface area contributed by atoms with E-state index >= 15 is 0 Å². The minimum atomic E-state index is -0.534. The van der Waals surface area contributed by atoms with Crippen LogP contribution in [-0.4, -0.2) is 11.5 Å². The third-order valence-electron chi connectivity index (χ3n) is 10.2. The number of rotatable bonds is 4. The van der Waals surface area contributed by atoms with E-state index in [1.165, 1.54) is 22.3 Å². The molecule has 4 heteroatoms. The van der Waals surface area contributed by atoms with E-state index in [0.29, 0.717) is 17.4 Å². The van der Waals surface area contributed by atoms with E-state index in [9.17, 15) is 0 Å². The summed E-state index contributed by atoms with van der Waals surface area (Å²) in [6, 6.07) is 57.1. The average Bonchev–Trinajstić information content (AvgIpc) is 3.78. The topological polar surface area (TPSA) is 47.1 Å². The highest BCUT2D eigenvalue weighted by atomic mass is 16.5. The average molecular weight is 631 g/mol. The van der Waals surface area contributed by atoms with Crippen LogP contribution in [-0.2, 0) is 5.41 Å². The zero-order chi connectivity index (χ0) is 32.4. The first kappa shape index (κ1) is 27.8. The van der Waals surface area contributed by atoms with Crippen molar-refractivity contribution in [3.8, 4) is 33.9 Å². The third kappa shape index (κ3) is 4.17. The first-order chi connectivity index (χ1) is 24.3. The molecule has 4 nitrogen and oxygen atoms in total. The lowest BCUT2D eigenvalue weighted by Gasteiger charge is -2.39. The normalized spacial score (nSPS) is 16.4. The molecule has 0 saturated carbocycles. The van der Waals surface area contributed by atoms with E-state index in [1.807, 2.05) is 30.3 Å². The molecule has 0 N–H and O–H groups in total.